The first-order valence-electron chi connectivity index (χ1n) is 33.5. The lowest BCUT2D eigenvalue weighted by Gasteiger charge is -2.21. The van der Waals surface area contributed by atoms with E-state index >= 15 is 0 Å². The summed E-state index contributed by atoms with van der Waals surface area (Å²) in [5, 5.41) is 10.5. The van der Waals surface area contributed by atoms with Crippen molar-refractivity contribution in [3.63, 3.8) is 0 Å². The Morgan fingerprint density at radius 3 is 0.916 bits per heavy atom. The van der Waals surface area contributed by atoms with E-state index in [0.29, 0.717) is 25.7 Å². The molecule has 0 bridgehead atoms. The highest BCUT2D eigenvalue weighted by atomic mass is 31.2. The predicted molar refractivity (Wildman–Crippen MR) is 331 cm³/mol. The zero-order valence-corrected chi connectivity index (χ0v) is 55.3. The van der Waals surface area contributed by atoms with Crippen molar-refractivity contribution >= 4 is 39.5 Å². The van der Waals surface area contributed by atoms with E-state index in [0.717, 1.165) is 108 Å². The molecule has 0 spiro atoms. The maximum atomic E-state index is 13.0. The summed E-state index contributed by atoms with van der Waals surface area (Å²) in [5.41, 5.74) is 0. The van der Waals surface area contributed by atoms with Crippen molar-refractivity contribution in [3.8, 4) is 0 Å². The molecule has 19 heteroatoms. The van der Waals surface area contributed by atoms with Crippen molar-refractivity contribution in [2.45, 2.75) is 336 Å². The molecule has 83 heavy (non-hydrogen) atoms. The molecule has 0 aliphatic rings. The second kappa shape index (κ2) is 56.6. The fraction of sp³-hybridized carbons (Fsp3) is 0.938. The Kier molecular flexibility index (Phi) is 55.2. The second-order valence-electron chi connectivity index (χ2n) is 23.9. The Hall–Kier alpha value is -1.94. The first-order chi connectivity index (χ1) is 39.9. The Morgan fingerprint density at radius 2 is 0.614 bits per heavy atom. The van der Waals surface area contributed by atoms with E-state index in [1.54, 1.807) is 0 Å². The number of esters is 4. The molecular weight excluding hydrogens is 1100 g/mol. The molecule has 0 rings (SSSR count). The fourth-order valence-corrected chi connectivity index (χ4v) is 11.1. The number of phosphoric acid groups is 2. The molecule has 3 N–H and O–H groups in total. The summed E-state index contributed by atoms with van der Waals surface area (Å²) in [4.78, 5) is 72.0. The van der Waals surface area contributed by atoms with Crippen LogP contribution in [0.3, 0.4) is 0 Å². The van der Waals surface area contributed by atoms with E-state index in [9.17, 15) is 43.2 Å². The van der Waals surface area contributed by atoms with Crippen LogP contribution < -0.4 is 0 Å². The van der Waals surface area contributed by atoms with E-state index in [2.05, 4.69) is 41.5 Å². The Labute approximate surface area is 505 Å². The topological polar surface area (TPSA) is 237 Å². The summed E-state index contributed by atoms with van der Waals surface area (Å²) in [6, 6.07) is 0. The minimum atomic E-state index is -4.94. The van der Waals surface area contributed by atoms with Gasteiger partial charge >= 0.3 is 39.5 Å². The quantitative estimate of drug-likeness (QED) is 0.0222. The highest BCUT2D eigenvalue weighted by molar-refractivity contribution is 7.47. The molecule has 0 fully saturated rings. The van der Waals surface area contributed by atoms with E-state index in [1.807, 2.05) is 0 Å². The van der Waals surface area contributed by atoms with Gasteiger partial charge in [0.2, 0.25) is 0 Å². The van der Waals surface area contributed by atoms with Crippen LogP contribution in [0.15, 0.2) is 0 Å². The van der Waals surface area contributed by atoms with Gasteiger partial charge in [0.25, 0.3) is 0 Å². The van der Waals surface area contributed by atoms with Crippen LogP contribution in [-0.4, -0.2) is 96.7 Å². The Morgan fingerprint density at radius 1 is 0.349 bits per heavy atom. The lowest BCUT2D eigenvalue weighted by Crippen LogP contribution is -2.30. The van der Waals surface area contributed by atoms with Crippen molar-refractivity contribution in [2.24, 2.45) is 11.8 Å². The van der Waals surface area contributed by atoms with Gasteiger partial charge in [-0.05, 0) is 37.5 Å². The van der Waals surface area contributed by atoms with Crippen LogP contribution in [0.5, 0.6) is 0 Å². The smallest absolute Gasteiger partial charge is 0.462 e. The number of carbonyl (C=O) groups excluding carboxylic acids is 4. The summed E-state index contributed by atoms with van der Waals surface area (Å²) in [6.45, 7) is 9.40. The third-order valence-electron chi connectivity index (χ3n) is 15.1. The molecule has 6 atom stereocenters. The molecular formula is C64H124O17P2. The highest BCUT2D eigenvalue weighted by Crippen LogP contribution is 2.45. The lowest BCUT2D eigenvalue weighted by molar-refractivity contribution is -0.161. The maximum absolute atomic E-state index is 13.0. The van der Waals surface area contributed by atoms with Gasteiger partial charge in [-0.1, -0.05) is 266 Å². The van der Waals surface area contributed by atoms with Crippen LogP contribution >= 0.6 is 15.6 Å². The van der Waals surface area contributed by atoms with Gasteiger partial charge in [0.15, 0.2) is 12.2 Å². The third-order valence-corrected chi connectivity index (χ3v) is 17.0. The Balaban J connectivity index is 5.18. The molecule has 0 aromatic rings. The summed E-state index contributed by atoms with van der Waals surface area (Å²) >= 11 is 0. The van der Waals surface area contributed by atoms with Crippen LogP contribution in [0.4, 0.5) is 0 Å². The molecule has 0 aromatic heterocycles. The van der Waals surface area contributed by atoms with Crippen molar-refractivity contribution in [2.75, 3.05) is 39.6 Å². The van der Waals surface area contributed by atoms with Gasteiger partial charge in [-0.15, -0.1) is 0 Å². The van der Waals surface area contributed by atoms with E-state index in [1.165, 1.54) is 128 Å². The average molecular weight is 1230 g/mol. The monoisotopic (exact) mass is 1230 g/mol. The van der Waals surface area contributed by atoms with Crippen molar-refractivity contribution in [1.29, 1.82) is 0 Å². The zero-order valence-electron chi connectivity index (χ0n) is 53.5. The van der Waals surface area contributed by atoms with Gasteiger partial charge in [0.05, 0.1) is 26.4 Å². The van der Waals surface area contributed by atoms with Crippen LogP contribution in [0, 0.1) is 11.8 Å². The number of unbranched alkanes of at least 4 members (excludes halogenated alkanes) is 32. The molecule has 0 aliphatic carbocycles. The van der Waals surface area contributed by atoms with E-state index in [4.69, 9.17) is 37.0 Å². The standard InChI is InChI=1S/C64H124O17P2/c1-7-10-12-14-15-16-17-18-19-23-29-35-41-47-62(67)75-53-60(81-63(68)48-42-36-30-24-21-20-22-27-33-38-44-56(4)5)55-79-83(72,73)77-51-58(65)50-76-82(70,71)78-54-59(52-74-61(66)46-40-32-13-11-8-2)80-64(69)49-43-37-31-26-25-28-34-39-45-57(6)9-3/h56-60,65H,7-55H2,1-6H3,(H,70,71)(H,72,73)/t57?,58-,59+,60+/m0/s1. The lowest BCUT2D eigenvalue weighted by atomic mass is 9.99. The van der Waals surface area contributed by atoms with Crippen molar-refractivity contribution < 1.29 is 80.2 Å². The molecule has 0 saturated carbocycles. The van der Waals surface area contributed by atoms with Crippen LogP contribution in [-0.2, 0) is 65.4 Å². The number of ether oxygens (including phenoxy) is 4. The number of aliphatic hydroxyl groups is 1. The van der Waals surface area contributed by atoms with Crippen molar-refractivity contribution in [1.82, 2.24) is 0 Å². The fourth-order valence-electron chi connectivity index (χ4n) is 9.50. The number of aliphatic hydroxyl groups excluding tert-OH is 1. The second-order valence-corrected chi connectivity index (χ2v) is 26.8. The molecule has 17 nitrogen and oxygen atoms in total. The van der Waals surface area contributed by atoms with E-state index < -0.39 is 97.5 Å². The molecule has 0 aliphatic heterocycles. The highest BCUT2D eigenvalue weighted by Gasteiger charge is 2.30. The molecule has 0 amide bonds. The zero-order chi connectivity index (χ0) is 61.5. The van der Waals surface area contributed by atoms with Gasteiger partial charge in [-0.3, -0.25) is 37.3 Å². The number of phosphoric ester groups is 2. The minimum Gasteiger partial charge on any atom is -0.462 e. The molecule has 3 unspecified atom stereocenters. The number of hydrogen-bond acceptors (Lipinski definition) is 15. The normalized spacial score (nSPS) is 14.6. The largest absolute Gasteiger partial charge is 0.472 e. The third kappa shape index (κ3) is 57.6. The van der Waals surface area contributed by atoms with Gasteiger partial charge in [0, 0.05) is 25.7 Å². The minimum absolute atomic E-state index is 0.104. The first-order valence-corrected chi connectivity index (χ1v) is 36.5. The average Bonchev–Trinajstić information content (AvgIpc) is 3.47. The van der Waals surface area contributed by atoms with Crippen LogP contribution in [0.1, 0.15) is 318 Å². The van der Waals surface area contributed by atoms with Gasteiger partial charge < -0.3 is 33.8 Å². The SMILES string of the molecule is CCCCCCCCCCCCCCCC(=O)OC[C@H](COP(=O)(O)OC[C@@H](O)COP(=O)(O)OC[C@@H](COC(=O)CCCCCCC)OC(=O)CCCCCCCCCCC(C)CC)OC(=O)CCCCCCCCCCCCC(C)C. The first kappa shape index (κ1) is 81.1. The molecule has 0 saturated heterocycles. The maximum Gasteiger partial charge on any atom is 0.472 e. The van der Waals surface area contributed by atoms with Crippen LogP contribution in [0.2, 0.25) is 0 Å². The summed E-state index contributed by atoms with van der Waals surface area (Å²) in [6.07, 6.45) is 39.2. The van der Waals surface area contributed by atoms with Gasteiger partial charge in [-0.2, -0.15) is 0 Å². The molecule has 0 radical (unpaired) electrons. The Bertz CT molecular complexity index is 1630. The van der Waals surface area contributed by atoms with Crippen LogP contribution in [0.25, 0.3) is 0 Å². The predicted octanol–water partition coefficient (Wildman–Crippen LogP) is 17.7. The summed E-state index contributed by atoms with van der Waals surface area (Å²) in [7, 11) is -9.88. The number of carbonyl (C=O) groups is 4. The molecule has 0 heterocycles. The number of rotatable bonds is 63. The van der Waals surface area contributed by atoms with Gasteiger partial charge in [0.1, 0.15) is 19.3 Å². The van der Waals surface area contributed by atoms with Gasteiger partial charge in [-0.25, -0.2) is 9.13 Å². The molecule has 492 valence electrons. The number of hydrogen-bond donors (Lipinski definition) is 3. The summed E-state index contributed by atoms with van der Waals surface area (Å²) < 4.78 is 67.8. The van der Waals surface area contributed by atoms with E-state index in [-0.39, 0.29) is 25.7 Å². The summed E-state index contributed by atoms with van der Waals surface area (Å²) in [5.74, 6) is -0.622. The van der Waals surface area contributed by atoms with Crippen molar-refractivity contribution in [3.05, 3.63) is 0 Å². The molecule has 0 aromatic carbocycles.